The van der Waals surface area contributed by atoms with Gasteiger partial charge in [0.1, 0.15) is 66.2 Å². The molecule has 31 nitrogen and oxygen atoms in total. The number of H-pyrrole nitrogens is 1. The zero-order valence-electron chi connectivity index (χ0n) is 62.9. The average molecular weight is 1540 g/mol. The minimum Gasteiger partial charge on any atom is -0.508 e. The molecule has 0 bridgehead atoms. The molecule has 0 spiro atoms. The monoisotopic (exact) mass is 1540 g/mol. The van der Waals surface area contributed by atoms with Crippen LogP contribution in [-0.2, 0) is 78.4 Å². The number of guanidine groups is 2. The lowest BCUT2D eigenvalue weighted by Gasteiger charge is -2.31. The number of aromatic nitrogens is 1. The maximum atomic E-state index is 15.2. The zero-order chi connectivity index (χ0) is 80.0. The number of unbranched alkanes of at least 4 members (excludes halogenated alkanes) is 1. The fourth-order valence-corrected chi connectivity index (χ4v) is 13.0. The maximum absolute atomic E-state index is 15.2. The SMILES string of the molecule is CCN=C(NCC)NCCCCC(NC(=O)C(Cc1ccc(O)cc1)NC(=O)C(CO)NC(=O)C(Cc1c[nH]c2ccccc12)NC(=O)C(Cc1ccc(Cl)cc1)NC(=O)C(Cc1ccc2ccccc2c1)NC(C)=O)C(=O)NC(CC(C)C)C(=O)NC(CCCNC(=N)N)C(=O)N1CCCC1C(=O)NC(C)C(N)=O. The van der Waals surface area contributed by atoms with Crippen molar-refractivity contribution >= 4 is 110 Å². The molecule has 592 valence electrons. The Morgan fingerprint density at radius 3 is 1.71 bits per heavy atom. The molecule has 10 atom stereocenters. The Kier molecular flexibility index (Phi) is 33.6. The Labute approximate surface area is 644 Å². The molecule has 10 unspecified atom stereocenters. The number of benzene rings is 5. The number of primary amides is 1. The van der Waals surface area contributed by atoms with E-state index in [9.17, 15) is 43.8 Å². The zero-order valence-corrected chi connectivity index (χ0v) is 63.7. The lowest BCUT2D eigenvalue weighted by molar-refractivity contribution is -0.142. The van der Waals surface area contributed by atoms with Crippen LogP contribution in [0.2, 0.25) is 5.02 Å². The van der Waals surface area contributed by atoms with Gasteiger partial charge in [0, 0.05) is 87.5 Å². The highest BCUT2D eigenvalue weighted by Crippen LogP contribution is 2.24. The first-order valence-electron chi connectivity index (χ1n) is 37.2. The molecule has 1 aliphatic rings. The van der Waals surface area contributed by atoms with E-state index in [1.54, 1.807) is 62.5 Å². The molecule has 0 aliphatic carbocycles. The molecule has 1 aromatic heterocycles. The van der Waals surface area contributed by atoms with Crippen LogP contribution in [0.25, 0.3) is 21.7 Å². The summed E-state index contributed by atoms with van der Waals surface area (Å²) in [5, 5.41) is 65.7. The third-order valence-corrected chi connectivity index (χ3v) is 18.8. The van der Waals surface area contributed by atoms with E-state index in [1.165, 1.54) is 43.0 Å². The molecular formula is C78H105ClN18O13. The molecule has 110 heavy (non-hydrogen) atoms. The molecule has 6 aromatic rings. The molecule has 1 aliphatic heterocycles. The van der Waals surface area contributed by atoms with Gasteiger partial charge in [0.2, 0.25) is 65.0 Å². The van der Waals surface area contributed by atoms with Crippen LogP contribution in [0.5, 0.6) is 5.75 Å². The van der Waals surface area contributed by atoms with Crippen molar-refractivity contribution in [2.45, 2.75) is 179 Å². The van der Waals surface area contributed by atoms with Crippen LogP contribution >= 0.6 is 11.6 Å². The van der Waals surface area contributed by atoms with Crippen LogP contribution in [-0.4, -0.2) is 197 Å². The van der Waals surface area contributed by atoms with Crippen LogP contribution in [0.1, 0.15) is 115 Å². The van der Waals surface area contributed by atoms with Crippen molar-refractivity contribution in [3.05, 3.63) is 149 Å². The highest BCUT2D eigenvalue weighted by Gasteiger charge is 2.40. The lowest BCUT2D eigenvalue weighted by atomic mass is 9.99. The topological polar surface area (TPSA) is 480 Å². The minimum atomic E-state index is -1.83. The average Bonchev–Trinajstić information content (AvgIpc) is 1.50. The number of carbonyl (C=O) groups excluding carboxylic acids is 11. The van der Waals surface area contributed by atoms with Gasteiger partial charge in [0.15, 0.2) is 11.9 Å². The molecule has 32 heteroatoms. The van der Waals surface area contributed by atoms with Gasteiger partial charge in [0.05, 0.1) is 6.61 Å². The summed E-state index contributed by atoms with van der Waals surface area (Å²) in [6.45, 7) is 10.7. The van der Waals surface area contributed by atoms with E-state index >= 15 is 19.2 Å². The van der Waals surface area contributed by atoms with Crippen LogP contribution in [0.3, 0.4) is 0 Å². The molecular weight excluding hydrogens is 1430 g/mol. The molecule has 2 heterocycles. The van der Waals surface area contributed by atoms with E-state index < -0.39 is 132 Å². The number of nitrogens with two attached hydrogens (primary N) is 2. The number of nitrogens with one attached hydrogen (secondary N) is 14. The number of carbonyl (C=O) groups is 11. The molecule has 0 radical (unpaired) electrons. The molecule has 1 saturated heterocycles. The van der Waals surface area contributed by atoms with Crippen molar-refractivity contribution in [2.24, 2.45) is 22.4 Å². The fourth-order valence-electron chi connectivity index (χ4n) is 12.9. The van der Waals surface area contributed by atoms with Crippen molar-refractivity contribution in [1.82, 2.24) is 73.7 Å². The predicted molar refractivity (Wildman–Crippen MR) is 418 cm³/mol. The summed E-state index contributed by atoms with van der Waals surface area (Å²) in [5.74, 6) is -8.89. The van der Waals surface area contributed by atoms with Gasteiger partial charge in [-0.2, -0.15) is 0 Å². The van der Waals surface area contributed by atoms with E-state index in [2.05, 4.69) is 73.8 Å². The summed E-state index contributed by atoms with van der Waals surface area (Å²) in [5.41, 5.74) is 13.9. The number of rotatable bonds is 41. The van der Waals surface area contributed by atoms with E-state index in [4.69, 9.17) is 28.5 Å². The standard InChI is InChI=1S/C78H105ClN18O13/c1-7-83-78(84-8-2)86-34-14-13-21-58(68(102)92-60(37-45(3)4)69(103)91-59(22-15-35-85-77(81)82)76(110)97-36-16-23-66(97)75(109)88-46(5)67(80)101)90-71(105)62(40-49-27-32-55(100)33-28-49)94-74(108)65(44-98)96-73(107)64(42-53-43-87-57-20-12-11-19-56(53)57)95-72(106)63(39-48-25-30-54(79)31-26-48)93-70(104)61(89-47(6)99)41-50-24-29-51-17-9-10-18-52(51)38-50/h9-12,17-20,24-33,38,43,45-46,58-66,87,98,100H,7-8,13-16,21-23,34-37,39-42,44H2,1-6H3,(H2,80,101)(H,88,109)(H,89,99)(H,90,105)(H,91,103)(H,92,102)(H,93,104)(H,94,108)(H,95,106)(H,96,107)(H4,81,82,85)(H2,83,84,86). The minimum absolute atomic E-state index is 0.0107. The number of fused-ring (bicyclic) bond motifs is 2. The van der Waals surface area contributed by atoms with E-state index in [0.717, 1.165) is 10.8 Å². The molecule has 7 rings (SSSR count). The van der Waals surface area contributed by atoms with Crippen molar-refractivity contribution in [3.8, 4) is 5.75 Å². The number of halogens is 1. The number of aromatic amines is 1. The van der Waals surface area contributed by atoms with Gasteiger partial charge in [-0.1, -0.05) is 110 Å². The first-order chi connectivity index (χ1) is 52.6. The van der Waals surface area contributed by atoms with Gasteiger partial charge in [-0.15, -0.1) is 0 Å². The van der Waals surface area contributed by atoms with Crippen molar-refractivity contribution in [1.29, 1.82) is 5.41 Å². The number of aliphatic hydroxyl groups excluding tert-OH is 1. The molecule has 0 saturated carbocycles. The Bertz CT molecular complexity index is 4200. The maximum Gasteiger partial charge on any atom is 0.245 e. The van der Waals surface area contributed by atoms with Gasteiger partial charge >= 0.3 is 0 Å². The van der Waals surface area contributed by atoms with Gasteiger partial charge in [-0.3, -0.25) is 63.1 Å². The van der Waals surface area contributed by atoms with Gasteiger partial charge < -0.3 is 95.4 Å². The van der Waals surface area contributed by atoms with Crippen LogP contribution < -0.4 is 75.3 Å². The number of aliphatic hydroxyl groups is 1. The summed E-state index contributed by atoms with van der Waals surface area (Å²) in [6.07, 6.45) is 2.59. The number of nitrogens with zero attached hydrogens (tertiary/aromatic N) is 2. The summed E-state index contributed by atoms with van der Waals surface area (Å²) in [4.78, 5) is 166. The lowest BCUT2D eigenvalue weighted by Crippen LogP contribution is -2.61. The van der Waals surface area contributed by atoms with E-state index in [1.807, 2.05) is 62.4 Å². The highest BCUT2D eigenvalue weighted by molar-refractivity contribution is 6.30. The number of phenolic OH excluding ortho intramolecular Hbond substituents is 1. The number of hydrogen-bond acceptors (Lipinski definition) is 15. The molecule has 20 N–H and O–H groups in total. The van der Waals surface area contributed by atoms with E-state index in [-0.39, 0.29) is 94.9 Å². The second kappa shape index (κ2) is 43.0. The summed E-state index contributed by atoms with van der Waals surface area (Å²) >= 11 is 6.29. The first kappa shape index (κ1) is 85.9. The number of aromatic hydroxyl groups is 1. The largest absolute Gasteiger partial charge is 0.508 e. The van der Waals surface area contributed by atoms with Crippen LogP contribution in [0.4, 0.5) is 0 Å². The normalized spacial score (nSPS) is 15.2. The second-order valence-corrected chi connectivity index (χ2v) is 28.2. The Balaban J connectivity index is 1.17. The van der Waals surface area contributed by atoms with Crippen LogP contribution in [0.15, 0.2) is 126 Å². The van der Waals surface area contributed by atoms with Gasteiger partial charge in [0.25, 0.3) is 0 Å². The Hall–Kier alpha value is -11.3. The second-order valence-electron chi connectivity index (χ2n) is 27.7. The molecule has 5 aromatic carbocycles. The summed E-state index contributed by atoms with van der Waals surface area (Å²) < 4.78 is 0. The Morgan fingerprint density at radius 1 is 0.582 bits per heavy atom. The third-order valence-electron chi connectivity index (χ3n) is 18.6. The van der Waals surface area contributed by atoms with Gasteiger partial charge in [-0.05, 0) is 141 Å². The smallest absolute Gasteiger partial charge is 0.245 e. The first-order valence-corrected chi connectivity index (χ1v) is 37.6. The predicted octanol–water partition coefficient (Wildman–Crippen LogP) is 1.88. The summed E-state index contributed by atoms with van der Waals surface area (Å²) in [7, 11) is 0. The van der Waals surface area contributed by atoms with Gasteiger partial charge in [-0.25, -0.2) is 0 Å². The quantitative estimate of drug-likeness (QED) is 0.0148. The third kappa shape index (κ3) is 26.8. The van der Waals surface area contributed by atoms with Crippen molar-refractivity contribution in [3.63, 3.8) is 0 Å². The van der Waals surface area contributed by atoms with Crippen molar-refractivity contribution < 1.29 is 63.0 Å². The van der Waals surface area contributed by atoms with Crippen molar-refractivity contribution in [2.75, 3.05) is 39.3 Å². The molecule has 1 fully saturated rings. The number of aliphatic imine (C=N–C) groups is 1. The number of phenols is 1. The molecule has 11 amide bonds. The Morgan fingerprint density at radius 2 is 1.10 bits per heavy atom. The number of amides is 11. The number of likely N-dealkylation sites (tertiary alicyclic amines) is 1. The highest BCUT2D eigenvalue weighted by atomic mass is 35.5. The number of para-hydroxylation sites is 1. The fraction of sp³-hybridized carbons (Fsp3) is 0.449. The summed E-state index contributed by atoms with van der Waals surface area (Å²) in [6, 6.07) is 19.0. The van der Waals surface area contributed by atoms with E-state index in [0.29, 0.717) is 76.6 Å². The number of hydrogen-bond donors (Lipinski definition) is 18. The van der Waals surface area contributed by atoms with Crippen LogP contribution in [0, 0.1) is 11.3 Å².